The van der Waals surface area contributed by atoms with Gasteiger partial charge in [-0.15, -0.1) is 0 Å². The van der Waals surface area contributed by atoms with Gasteiger partial charge in [-0.2, -0.15) is 0 Å². The Hall–Kier alpha value is -1.82. The van der Waals surface area contributed by atoms with Crippen LogP contribution in [0, 0.1) is 12.3 Å². The minimum Gasteiger partial charge on any atom is -0.0622 e. The third-order valence-electron chi connectivity index (χ3n) is 3.83. The van der Waals surface area contributed by atoms with Crippen LogP contribution in [0.4, 0.5) is 0 Å². The largest absolute Gasteiger partial charge is 0.0622 e. The third-order valence-corrected chi connectivity index (χ3v) is 3.83. The molecule has 0 aliphatic heterocycles. The average Bonchev–Trinajstić information content (AvgIpc) is 2.75. The number of benzene rings is 2. The van der Waals surface area contributed by atoms with Crippen molar-refractivity contribution >= 4 is 5.57 Å². The van der Waals surface area contributed by atoms with Crippen LogP contribution >= 0.6 is 0 Å². The van der Waals surface area contributed by atoms with Crippen molar-refractivity contribution in [1.82, 2.24) is 0 Å². The molecule has 19 heavy (non-hydrogen) atoms. The van der Waals surface area contributed by atoms with Crippen LogP contribution in [0.25, 0.3) is 16.7 Å². The highest BCUT2D eigenvalue weighted by Gasteiger charge is 2.24. The fraction of sp³-hybridized carbons (Fsp3) is 0.211. The summed E-state index contributed by atoms with van der Waals surface area (Å²) in [5, 5.41) is 0. The van der Waals surface area contributed by atoms with Gasteiger partial charge in [0.25, 0.3) is 0 Å². The standard InChI is InChI=1S/C19H19/c1-13(2)18-14(3)12-16-10-7-11-17(19(16)18)15-8-5-4-6-9-15/h4-13H,1-3H3. The van der Waals surface area contributed by atoms with Crippen LogP contribution in [0.1, 0.15) is 31.9 Å². The summed E-state index contributed by atoms with van der Waals surface area (Å²) >= 11 is 0. The molecule has 95 valence electrons. The van der Waals surface area contributed by atoms with Gasteiger partial charge in [0.2, 0.25) is 0 Å². The zero-order chi connectivity index (χ0) is 13.4. The van der Waals surface area contributed by atoms with E-state index in [1.807, 2.05) is 0 Å². The van der Waals surface area contributed by atoms with Gasteiger partial charge in [0.15, 0.2) is 0 Å². The van der Waals surface area contributed by atoms with E-state index in [1.165, 1.54) is 33.4 Å². The molecule has 0 atom stereocenters. The predicted octanol–water partition coefficient (Wildman–Crippen LogP) is 5.35. The van der Waals surface area contributed by atoms with Crippen molar-refractivity contribution in [2.75, 3.05) is 0 Å². The summed E-state index contributed by atoms with van der Waals surface area (Å²) < 4.78 is 0. The Morgan fingerprint density at radius 2 is 1.58 bits per heavy atom. The lowest BCUT2D eigenvalue weighted by atomic mass is 9.89. The quantitative estimate of drug-likeness (QED) is 0.671. The first-order valence-electron chi connectivity index (χ1n) is 6.93. The smallest absolute Gasteiger partial charge is 0.0164 e. The minimum absolute atomic E-state index is 0.558. The lowest BCUT2D eigenvalue weighted by Crippen LogP contribution is -1.96. The van der Waals surface area contributed by atoms with Crippen LogP contribution < -0.4 is 0 Å². The van der Waals surface area contributed by atoms with Gasteiger partial charge in [-0.3, -0.25) is 0 Å². The molecule has 0 fully saturated rings. The molecule has 0 saturated heterocycles. The molecule has 0 nitrogen and oxygen atoms in total. The molecule has 1 aliphatic carbocycles. The van der Waals surface area contributed by atoms with E-state index in [1.54, 1.807) is 0 Å². The summed E-state index contributed by atoms with van der Waals surface area (Å²) in [6.07, 6.45) is 2.32. The van der Waals surface area contributed by atoms with E-state index in [0.29, 0.717) is 5.92 Å². The van der Waals surface area contributed by atoms with Crippen molar-refractivity contribution in [3.05, 3.63) is 71.7 Å². The van der Waals surface area contributed by atoms with Crippen molar-refractivity contribution in [1.29, 1.82) is 0 Å². The second kappa shape index (κ2) is 4.70. The molecule has 2 aromatic rings. The van der Waals surface area contributed by atoms with Crippen molar-refractivity contribution < 1.29 is 0 Å². The lowest BCUT2D eigenvalue weighted by Gasteiger charge is -2.15. The minimum atomic E-state index is 0.558. The van der Waals surface area contributed by atoms with E-state index < -0.39 is 0 Å². The summed E-state index contributed by atoms with van der Waals surface area (Å²) in [6.45, 7) is 6.79. The maximum Gasteiger partial charge on any atom is 0.0164 e. The number of hydrogen-bond acceptors (Lipinski definition) is 0. The number of rotatable bonds is 2. The molecular formula is C19H19. The Bertz CT molecular complexity index is 630. The fourth-order valence-electron chi connectivity index (χ4n) is 3.10. The Balaban J connectivity index is 2.23. The van der Waals surface area contributed by atoms with Gasteiger partial charge >= 0.3 is 0 Å². The van der Waals surface area contributed by atoms with Gasteiger partial charge in [-0.25, -0.2) is 0 Å². The molecular weight excluding hydrogens is 228 g/mol. The van der Waals surface area contributed by atoms with Gasteiger partial charge in [-0.1, -0.05) is 68.0 Å². The van der Waals surface area contributed by atoms with E-state index in [0.717, 1.165) is 0 Å². The summed E-state index contributed by atoms with van der Waals surface area (Å²) in [7, 11) is 0. The second-order valence-electron chi connectivity index (χ2n) is 5.53. The summed E-state index contributed by atoms with van der Waals surface area (Å²) in [4.78, 5) is 0. The van der Waals surface area contributed by atoms with Gasteiger partial charge in [0, 0.05) is 6.42 Å². The molecule has 0 bridgehead atoms. The number of fused-ring (bicyclic) bond motifs is 1. The van der Waals surface area contributed by atoms with Gasteiger partial charge in [-0.05, 0) is 40.7 Å². The van der Waals surface area contributed by atoms with Crippen LogP contribution in [0.5, 0.6) is 0 Å². The SMILES string of the molecule is CC1=C(C(C)C)c2c(cccc2-c2ccccc2)[CH]1. The van der Waals surface area contributed by atoms with E-state index in [4.69, 9.17) is 0 Å². The van der Waals surface area contributed by atoms with Crippen molar-refractivity contribution in [2.45, 2.75) is 20.8 Å². The first-order valence-corrected chi connectivity index (χ1v) is 6.93. The highest BCUT2D eigenvalue weighted by atomic mass is 14.3. The van der Waals surface area contributed by atoms with Crippen molar-refractivity contribution in [2.24, 2.45) is 5.92 Å². The Morgan fingerprint density at radius 3 is 2.26 bits per heavy atom. The molecule has 0 N–H and O–H groups in total. The predicted molar refractivity (Wildman–Crippen MR) is 82.7 cm³/mol. The maximum atomic E-state index is 2.32. The molecule has 2 aromatic carbocycles. The van der Waals surface area contributed by atoms with Crippen LogP contribution in [-0.2, 0) is 0 Å². The maximum absolute atomic E-state index is 2.32. The Kier molecular flexibility index (Phi) is 3.02. The molecule has 0 aromatic heterocycles. The first kappa shape index (κ1) is 12.2. The highest BCUT2D eigenvalue weighted by Crippen LogP contribution is 2.43. The zero-order valence-electron chi connectivity index (χ0n) is 11.8. The molecule has 0 saturated carbocycles. The number of allylic oxidation sites excluding steroid dienone is 2. The van der Waals surface area contributed by atoms with Crippen LogP contribution in [0.2, 0.25) is 0 Å². The molecule has 1 aliphatic rings. The zero-order valence-corrected chi connectivity index (χ0v) is 11.8. The Morgan fingerprint density at radius 1 is 0.842 bits per heavy atom. The van der Waals surface area contributed by atoms with Crippen molar-refractivity contribution in [3.8, 4) is 11.1 Å². The van der Waals surface area contributed by atoms with E-state index >= 15 is 0 Å². The average molecular weight is 247 g/mol. The van der Waals surface area contributed by atoms with E-state index in [2.05, 4.69) is 75.7 Å². The Labute approximate surface area is 115 Å². The van der Waals surface area contributed by atoms with E-state index in [9.17, 15) is 0 Å². The molecule has 0 amide bonds. The second-order valence-corrected chi connectivity index (χ2v) is 5.53. The topological polar surface area (TPSA) is 0 Å². The molecule has 1 radical (unpaired) electrons. The van der Waals surface area contributed by atoms with Crippen LogP contribution in [0.3, 0.4) is 0 Å². The highest BCUT2D eigenvalue weighted by molar-refractivity contribution is 5.90. The lowest BCUT2D eigenvalue weighted by molar-refractivity contribution is 0.853. The molecule has 0 heterocycles. The van der Waals surface area contributed by atoms with Gasteiger partial charge in [0.1, 0.15) is 0 Å². The van der Waals surface area contributed by atoms with Gasteiger partial charge in [0.05, 0.1) is 0 Å². The van der Waals surface area contributed by atoms with Crippen LogP contribution in [0.15, 0.2) is 54.1 Å². The molecule has 0 heteroatoms. The number of hydrogen-bond donors (Lipinski definition) is 0. The van der Waals surface area contributed by atoms with E-state index in [-0.39, 0.29) is 0 Å². The fourth-order valence-corrected chi connectivity index (χ4v) is 3.10. The summed E-state index contributed by atoms with van der Waals surface area (Å²) in [6, 6.07) is 17.3. The van der Waals surface area contributed by atoms with Crippen LogP contribution in [-0.4, -0.2) is 0 Å². The third kappa shape index (κ3) is 2.02. The summed E-state index contributed by atoms with van der Waals surface area (Å²) in [5.41, 5.74) is 8.36. The molecule has 0 spiro atoms. The van der Waals surface area contributed by atoms with Gasteiger partial charge < -0.3 is 0 Å². The summed E-state index contributed by atoms with van der Waals surface area (Å²) in [5.74, 6) is 0.558. The monoisotopic (exact) mass is 247 g/mol. The normalized spacial score (nSPS) is 14.1. The molecule has 0 unspecified atom stereocenters. The first-order chi connectivity index (χ1) is 9.18. The van der Waals surface area contributed by atoms with Crippen molar-refractivity contribution in [3.63, 3.8) is 0 Å². The molecule has 3 rings (SSSR count).